The first-order valence-corrected chi connectivity index (χ1v) is 7.38. The summed E-state index contributed by atoms with van der Waals surface area (Å²) < 4.78 is 5.35. The Hall–Kier alpha value is -2.73. The summed E-state index contributed by atoms with van der Waals surface area (Å²) in [6.45, 7) is 3.00. The predicted molar refractivity (Wildman–Crippen MR) is 87.2 cm³/mol. The lowest BCUT2D eigenvalue weighted by Crippen LogP contribution is -2.36. The standard InChI is InChI=1S/C17H17N3O3/c21-17(22)5-4-13-2-1-3-14(10-13)15-11-18-12-16(19-15)20-6-8-23-9-7-20/h1-5,10-12H,6-9H2,(H,21,22). The normalized spacial score (nSPS) is 15.0. The van der Waals surface area contributed by atoms with Gasteiger partial charge in [-0.2, -0.15) is 0 Å². The fraction of sp³-hybridized carbons (Fsp3) is 0.235. The van der Waals surface area contributed by atoms with Gasteiger partial charge in [0.15, 0.2) is 0 Å². The van der Waals surface area contributed by atoms with Crippen LogP contribution in [0.3, 0.4) is 0 Å². The van der Waals surface area contributed by atoms with Gasteiger partial charge in [0.05, 0.1) is 31.3 Å². The first-order chi connectivity index (χ1) is 11.2. The number of morpholine rings is 1. The molecule has 118 valence electrons. The SMILES string of the molecule is O=C(O)C=Cc1cccc(-c2cncc(N3CCOCC3)n2)c1. The molecule has 0 atom stereocenters. The van der Waals surface area contributed by atoms with Crippen LogP contribution in [0.15, 0.2) is 42.7 Å². The average molecular weight is 311 g/mol. The van der Waals surface area contributed by atoms with Gasteiger partial charge < -0.3 is 14.7 Å². The quantitative estimate of drug-likeness (QED) is 0.871. The zero-order valence-corrected chi connectivity index (χ0v) is 12.6. The summed E-state index contributed by atoms with van der Waals surface area (Å²) in [6, 6.07) is 7.56. The monoisotopic (exact) mass is 311 g/mol. The van der Waals surface area contributed by atoms with E-state index in [0.717, 1.165) is 41.8 Å². The number of anilines is 1. The van der Waals surface area contributed by atoms with Crippen molar-refractivity contribution in [1.82, 2.24) is 9.97 Å². The van der Waals surface area contributed by atoms with E-state index < -0.39 is 5.97 Å². The van der Waals surface area contributed by atoms with Crippen LogP contribution in [0.5, 0.6) is 0 Å². The molecular formula is C17H17N3O3. The molecule has 0 bridgehead atoms. The number of rotatable bonds is 4. The number of aliphatic carboxylic acids is 1. The van der Waals surface area contributed by atoms with Gasteiger partial charge in [-0.25, -0.2) is 9.78 Å². The van der Waals surface area contributed by atoms with E-state index in [4.69, 9.17) is 9.84 Å². The van der Waals surface area contributed by atoms with E-state index in [1.165, 1.54) is 0 Å². The van der Waals surface area contributed by atoms with Crippen LogP contribution in [0.25, 0.3) is 17.3 Å². The van der Waals surface area contributed by atoms with Crippen molar-refractivity contribution in [3.05, 3.63) is 48.3 Å². The highest BCUT2D eigenvalue weighted by Gasteiger charge is 2.13. The number of benzene rings is 1. The summed E-state index contributed by atoms with van der Waals surface area (Å²) in [7, 11) is 0. The Balaban J connectivity index is 1.86. The van der Waals surface area contributed by atoms with Crippen molar-refractivity contribution in [3.8, 4) is 11.3 Å². The summed E-state index contributed by atoms with van der Waals surface area (Å²) in [5.74, 6) is -0.137. The van der Waals surface area contributed by atoms with Crippen molar-refractivity contribution in [2.75, 3.05) is 31.2 Å². The molecule has 2 heterocycles. The van der Waals surface area contributed by atoms with Gasteiger partial charge in [-0.05, 0) is 17.7 Å². The molecule has 0 spiro atoms. The van der Waals surface area contributed by atoms with Crippen molar-refractivity contribution >= 4 is 17.9 Å². The number of aromatic nitrogens is 2. The fourth-order valence-corrected chi connectivity index (χ4v) is 2.41. The molecule has 0 amide bonds. The smallest absolute Gasteiger partial charge is 0.328 e. The average Bonchev–Trinajstić information content (AvgIpc) is 2.61. The maximum absolute atomic E-state index is 10.6. The Labute approximate surface area is 134 Å². The molecule has 1 aromatic carbocycles. The molecule has 1 N–H and O–H groups in total. The summed E-state index contributed by atoms with van der Waals surface area (Å²) in [4.78, 5) is 21.7. The number of carboxylic acid groups (broad SMARTS) is 1. The molecule has 6 nitrogen and oxygen atoms in total. The molecule has 1 saturated heterocycles. The van der Waals surface area contributed by atoms with Gasteiger partial charge in [-0.3, -0.25) is 4.98 Å². The highest BCUT2D eigenvalue weighted by molar-refractivity contribution is 5.85. The molecule has 1 fully saturated rings. The van der Waals surface area contributed by atoms with Gasteiger partial charge in [-0.15, -0.1) is 0 Å². The second-order valence-electron chi connectivity index (χ2n) is 5.16. The number of carboxylic acids is 1. The molecule has 1 aromatic heterocycles. The van der Waals surface area contributed by atoms with Crippen LogP contribution in [0, 0.1) is 0 Å². The lowest BCUT2D eigenvalue weighted by molar-refractivity contribution is -0.131. The highest BCUT2D eigenvalue weighted by Crippen LogP contribution is 2.21. The van der Waals surface area contributed by atoms with Crippen LogP contribution >= 0.6 is 0 Å². The van der Waals surface area contributed by atoms with Crippen LogP contribution in [0.4, 0.5) is 5.82 Å². The van der Waals surface area contributed by atoms with E-state index in [-0.39, 0.29) is 0 Å². The van der Waals surface area contributed by atoms with Crippen molar-refractivity contribution in [1.29, 1.82) is 0 Å². The lowest BCUT2D eigenvalue weighted by Gasteiger charge is -2.27. The Morgan fingerprint density at radius 3 is 2.87 bits per heavy atom. The predicted octanol–water partition coefficient (Wildman–Crippen LogP) is 2.08. The number of ether oxygens (including phenoxy) is 1. The minimum Gasteiger partial charge on any atom is -0.478 e. The van der Waals surface area contributed by atoms with E-state index >= 15 is 0 Å². The summed E-state index contributed by atoms with van der Waals surface area (Å²) in [5, 5.41) is 8.72. The van der Waals surface area contributed by atoms with E-state index in [1.807, 2.05) is 24.3 Å². The maximum atomic E-state index is 10.6. The number of carbonyl (C=O) groups is 1. The minimum atomic E-state index is -0.968. The number of hydrogen-bond donors (Lipinski definition) is 1. The van der Waals surface area contributed by atoms with Crippen LogP contribution in [0.2, 0.25) is 0 Å². The Morgan fingerprint density at radius 2 is 2.09 bits per heavy atom. The molecule has 0 saturated carbocycles. The molecule has 23 heavy (non-hydrogen) atoms. The number of nitrogens with zero attached hydrogens (tertiary/aromatic N) is 3. The van der Waals surface area contributed by atoms with Crippen LogP contribution < -0.4 is 4.90 Å². The van der Waals surface area contributed by atoms with E-state index in [9.17, 15) is 4.79 Å². The second-order valence-corrected chi connectivity index (χ2v) is 5.16. The van der Waals surface area contributed by atoms with Gasteiger partial charge in [0.25, 0.3) is 0 Å². The van der Waals surface area contributed by atoms with Crippen LogP contribution in [-0.2, 0) is 9.53 Å². The second kappa shape index (κ2) is 7.02. The highest BCUT2D eigenvalue weighted by atomic mass is 16.5. The molecule has 0 unspecified atom stereocenters. The third kappa shape index (κ3) is 3.92. The molecule has 6 heteroatoms. The van der Waals surface area contributed by atoms with Crippen molar-refractivity contribution in [3.63, 3.8) is 0 Å². The van der Waals surface area contributed by atoms with Crippen molar-refractivity contribution in [2.45, 2.75) is 0 Å². The minimum absolute atomic E-state index is 0.696. The van der Waals surface area contributed by atoms with Gasteiger partial charge >= 0.3 is 5.97 Å². The largest absolute Gasteiger partial charge is 0.478 e. The molecule has 1 aliphatic rings. The Kier molecular flexibility index (Phi) is 4.63. The zero-order chi connectivity index (χ0) is 16.1. The Morgan fingerprint density at radius 1 is 1.26 bits per heavy atom. The van der Waals surface area contributed by atoms with Gasteiger partial charge in [-0.1, -0.05) is 18.2 Å². The fourth-order valence-electron chi connectivity index (χ4n) is 2.41. The summed E-state index contributed by atoms with van der Waals surface area (Å²) >= 11 is 0. The third-order valence-corrected chi connectivity index (χ3v) is 3.56. The Bertz CT molecular complexity index is 725. The van der Waals surface area contributed by atoms with Gasteiger partial charge in [0, 0.05) is 24.7 Å². The van der Waals surface area contributed by atoms with Gasteiger partial charge in [0.1, 0.15) is 5.82 Å². The molecule has 0 radical (unpaired) electrons. The first-order valence-electron chi connectivity index (χ1n) is 7.38. The van der Waals surface area contributed by atoms with Gasteiger partial charge in [0.2, 0.25) is 0 Å². The van der Waals surface area contributed by atoms with E-state index in [2.05, 4.69) is 14.9 Å². The van der Waals surface area contributed by atoms with Crippen LogP contribution in [0.1, 0.15) is 5.56 Å². The zero-order valence-electron chi connectivity index (χ0n) is 12.6. The molecule has 2 aromatic rings. The summed E-state index contributed by atoms with van der Waals surface area (Å²) in [6.07, 6.45) is 6.15. The maximum Gasteiger partial charge on any atom is 0.328 e. The third-order valence-electron chi connectivity index (χ3n) is 3.56. The lowest BCUT2D eigenvalue weighted by atomic mass is 10.1. The molecule has 1 aliphatic heterocycles. The molecule has 3 rings (SSSR count). The first kappa shape index (κ1) is 15.2. The van der Waals surface area contributed by atoms with E-state index in [0.29, 0.717) is 13.2 Å². The topological polar surface area (TPSA) is 75.5 Å². The molecular weight excluding hydrogens is 294 g/mol. The van der Waals surface area contributed by atoms with Crippen LogP contribution in [-0.4, -0.2) is 47.3 Å². The van der Waals surface area contributed by atoms with E-state index in [1.54, 1.807) is 18.5 Å². The van der Waals surface area contributed by atoms with Crippen molar-refractivity contribution < 1.29 is 14.6 Å². The molecule has 0 aliphatic carbocycles. The summed E-state index contributed by atoms with van der Waals surface area (Å²) in [5.41, 5.74) is 2.48. The number of hydrogen-bond acceptors (Lipinski definition) is 5. The van der Waals surface area contributed by atoms with Crippen molar-refractivity contribution in [2.24, 2.45) is 0 Å².